The summed E-state index contributed by atoms with van der Waals surface area (Å²) in [7, 11) is 1.50. The first-order valence-corrected chi connectivity index (χ1v) is 7.99. The van der Waals surface area contributed by atoms with E-state index in [9.17, 15) is 4.39 Å². The number of methoxy groups -OCH3 is 1. The van der Waals surface area contributed by atoms with Crippen LogP contribution in [-0.2, 0) is 6.42 Å². The maximum absolute atomic E-state index is 14.1. The summed E-state index contributed by atoms with van der Waals surface area (Å²) in [5, 5.41) is 2.40. The highest BCUT2D eigenvalue weighted by Crippen LogP contribution is 2.31. The third-order valence-electron chi connectivity index (χ3n) is 4.21. The molecular weight excluding hydrogens is 287 g/mol. The van der Waals surface area contributed by atoms with E-state index in [1.807, 2.05) is 13.0 Å². The van der Waals surface area contributed by atoms with E-state index in [1.165, 1.54) is 23.4 Å². The highest BCUT2D eigenvalue weighted by molar-refractivity contribution is 5.88. The SMILES string of the molecule is CCCc1ccc2cc(-c3cc(C)c(OC)c(F)c3)ccc2c1. The lowest BCUT2D eigenvalue weighted by Crippen LogP contribution is -1.93. The molecule has 0 saturated heterocycles. The van der Waals surface area contributed by atoms with Gasteiger partial charge >= 0.3 is 0 Å². The molecule has 0 aliphatic rings. The van der Waals surface area contributed by atoms with Crippen LogP contribution < -0.4 is 4.74 Å². The monoisotopic (exact) mass is 308 g/mol. The van der Waals surface area contributed by atoms with Crippen molar-refractivity contribution in [2.24, 2.45) is 0 Å². The van der Waals surface area contributed by atoms with Crippen molar-refractivity contribution in [3.63, 3.8) is 0 Å². The second-order valence-electron chi connectivity index (χ2n) is 5.95. The van der Waals surface area contributed by atoms with Crippen LogP contribution in [0.2, 0.25) is 0 Å². The van der Waals surface area contributed by atoms with Gasteiger partial charge in [-0.3, -0.25) is 0 Å². The van der Waals surface area contributed by atoms with E-state index >= 15 is 0 Å². The van der Waals surface area contributed by atoms with Crippen LogP contribution in [0.4, 0.5) is 4.39 Å². The lowest BCUT2D eigenvalue weighted by Gasteiger charge is -2.10. The van der Waals surface area contributed by atoms with E-state index < -0.39 is 0 Å². The second kappa shape index (κ2) is 6.41. The number of ether oxygens (including phenoxy) is 1. The minimum atomic E-state index is -0.319. The molecule has 0 aliphatic heterocycles. The van der Waals surface area contributed by atoms with Crippen molar-refractivity contribution in [1.29, 1.82) is 0 Å². The standard InChI is InChI=1S/C21H21FO/c1-4-5-15-6-7-17-12-18(9-8-16(17)11-15)19-10-14(2)21(23-3)20(22)13-19/h6-13H,4-5H2,1-3H3. The molecule has 0 aliphatic carbocycles. The Labute approximate surface area is 136 Å². The number of hydrogen-bond donors (Lipinski definition) is 0. The second-order valence-corrected chi connectivity index (χ2v) is 5.95. The summed E-state index contributed by atoms with van der Waals surface area (Å²) in [6.45, 7) is 4.05. The predicted octanol–water partition coefficient (Wildman–Crippen LogP) is 5.92. The molecule has 0 spiro atoms. The third kappa shape index (κ3) is 3.07. The number of fused-ring (bicyclic) bond motifs is 1. The first-order valence-electron chi connectivity index (χ1n) is 7.99. The zero-order valence-corrected chi connectivity index (χ0v) is 13.8. The average Bonchev–Trinajstić information content (AvgIpc) is 2.54. The molecule has 0 N–H and O–H groups in total. The van der Waals surface area contributed by atoms with E-state index in [1.54, 1.807) is 6.07 Å². The fraction of sp³-hybridized carbons (Fsp3) is 0.238. The van der Waals surface area contributed by atoms with Crippen LogP contribution in [-0.4, -0.2) is 7.11 Å². The summed E-state index contributed by atoms with van der Waals surface area (Å²) >= 11 is 0. The number of benzene rings is 3. The van der Waals surface area contributed by atoms with Gasteiger partial charge in [-0.15, -0.1) is 0 Å². The Kier molecular flexibility index (Phi) is 4.33. The number of aryl methyl sites for hydroxylation is 2. The summed E-state index contributed by atoms with van der Waals surface area (Å²) in [5.74, 6) is -0.000336. The Hall–Kier alpha value is -2.35. The Morgan fingerprint density at radius 1 is 0.913 bits per heavy atom. The maximum atomic E-state index is 14.1. The normalized spacial score (nSPS) is 11.0. The molecule has 3 aromatic carbocycles. The first kappa shape index (κ1) is 15.5. The van der Waals surface area contributed by atoms with Gasteiger partial charge in [-0.05, 0) is 64.6 Å². The molecule has 118 valence electrons. The van der Waals surface area contributed by atoms with Gasteiger partial charge < -0.3 is 4.74 Å². The van der Waals surface area contributed by atoms with Gasteiger partial charge in [-0.25, -0.2) is 4.39 Å². The first-order chi connectivity index (χ1) is 11.1. The van der Waals surface area contributed by atoms with Crippen molar-refractivity contribution >= 4 is 10.8 Å². The highest BCUT2D eigenvalue weighted by atomic mass is 19.1. The summed E-state index contributed by atoms with van der Waals surface area (Å²) < 4.78 is 19.2. The maximum Gasteiger partial charge on any atom is 0.165 e. The quantitative estimate of drug-likeness (QED) is 0.581. The molecule has 0 radical (unpaired) electrons. The van der Waals surface area contributed by atoms with Crippen LogP contribution in [0.1, 0.15) is 24.5 Å². The van der Waals surface area contributed by atoms with Crippen molar-refractivity contribution in [2.45, 2.75) is 26.7 Å². The zero-order valence-electron chi connectivity index (χ0n) is 13.8. The molecule has 0 fully saturated rings. The topological polar surface area (TPSA) is 9.23 Å². The van der Waals surface area contributed by atoms with E-state index in [0.29, 0.717) is 5.75 Å². The van der Waals surface area contributed by atoms with E-state index in [2.05, 4.69) is 43.3 Å². The van der Waals surface area contributed by atoms with Gasteiger partial charge in [-0.2, -0.15) is 0 Å². The number of hydrogen-bond acceptors (Lipinski definition) is 1. The van der Waals surface area contributed by atoms with E-state index in [0.717, 1.165) is 29.5 Å². The van der Waals surface area contributed by atoms with Crippen molar-refractivity contribution < 1.29 is 9.13 Å². The van der Waals surface area contributed by atoms with E-state index in [-0.39, 0.29) is 5.82 Å². The molecule has 1 nitrogen and oxygen atoms in total. The molecule has 0 amide bonds. The van der Waals surface area contributed by atoms with Crippen LogP contribution in [0.3, 0.4) is 0 Å². The average molecular weight is 308 g/mol. The minimum Gasteiger partial charge on any atom is -0.493 e. The van der Waals surface area contributed by atoms with E-state index in [4.69, 9.17) is 4.74 Å². The van der Waals surface area contributed by atoms with Crippen molar-refractivity contribution in [1.82, 2.24) is 0 Å². The van der Waals surface area contributed by atoms with Crippen LogP contribution in [0.25, 0.3) is 21.9 Å². The van der Waals surface area contributed by atoms with Crippen molar-refractivity contribution in [3.05, 3.63) is 65.5 Å². The molecule has 0 bridgehead atoms. The number of rotatable bonds is 4. The molecule has 0 atom stereocenters. The molecule has 0 aromatic heterocycles. The zero-order chi connectivity index (χ0) is 16.4. The van der Waals surface area contributed by atoms with Crippen LogP contribution in [0.5, 0.6) is 5.75 Å². The molecule has 0 unspecified atom stereocenters. The predicted molar refractivity (Wildman–Crippen MR) is 94.6 cm³/mol. The van der Waals surface area contributed by atoms with Gasteiger partial charge in [0.2, 0.25) is 0 Å². The Morgan fingerprint density at radius 3 is 2.35 bits per heavy atom. The summed E-state index contributed by atoms with van der Waals surface area (Å²) in [5.41, 5.74) is 4.06. The Balaban J connectivity index is 2.05. The smallest absolute Gasteiger partial charge is 0.165 e. The third-order valence-corrected chi connectivity index (χ3v) is 4.21. The summed E-state index contributed by atoms with van der Waals surface area (Å²) in [4.78, 5) is 0. The van der Waals surface area contributed by atoms with Gasteiger partial charge in [-0.1, -0.05) is 43.7 Å². The lowest BCUT2D eigenvalue weighted by atomic mass is 9.97. The Bertz CT molecular complexity index is 829. The fourth-order valence-corrected chi connectivity index (χ4v) is 3.07. The van der Waals surface area contributed by atoms with Gasteiger partial charge in [0.05, 0.1) is 7.11 Å². The molecular formula is C21H21FO. The molecule has 3 rings (SSSR count). The molecule has 2 heteroatoms. The molecule has 23 heavy (non-hydrogen) atoms. The summed E-state index contributed by atoms with van der Waals surface area (Å²) in [6.07, 6.45) is 2.24. The van der Waals surface area contributed by atoms with Crippen molar-refractivity contribution in [2.75, 3.05) is 7.11 Å². The minimum absolute atomic E-state index is 0.318. The fourth-order valence-electron chi connectivity index (χ4n) is 3.07. The summed E-state index contributed by atoms with van der Waals surface area (Å²) in [6, 6.07) is 16.4. The lowest BCUT2D eigenvalue weighted by molar-refractivity contribution is 0.383. The van der Waals surface area contributed by atoms with Crippen molar-refractivity contribution in [3.8, 4) is 16.9 Å². The van der Waals surface area contributed by atoms with Gasteiger partial charge in [0.15, 0.2) is 11.6 Å². The molecule has 0 saturated carbocycles. The largest absolute Gasteiger partial charge is 0.493 e. The van der Waals surface area contributed by atoms with Crippen LogP contribution in [0, 0.1) is 12.7 Å². The van der Waals surface area contributed by atoms with Crippen LogP contribution in [0.15, 0.2) is 48.5 Å². The van der Waals surface area contributed by atoms with Crippen LogP contribution >= 0.6 is 0 Å². The van der Waals surface area contributed by atoms with Gasteiger partial charge in [0, 0.05) is 0 Å². The highest BCUT2D eigenvalue weighted by Gasteiger charge is 2.10. The number of halogens is 1. The molecule has 0 heterocycles. The molecule has 3 aromatic rings. The van der Waals surface area contributed by atoms with Gasteiger partial charge in [0.1, 0.15) is 0 Å². The van der Waals surface area contributed by atoms with Gasteiger partial charge in [0.25, 0.3) is 0 Å². The Morgan fingerprint density at radius 2 is 1.65 bits per heavy atom.